The van der Waals surface area contributed by atoms with Crippen LogP contribution < -0.4 is 5.32 Å². The molecule has 2 N–H and O–H groups in total. The van der Waals surface area contributed by atoms with Crippen LogP contribution in [0.3, 0.4) is 0 Å². The monoisotopic (exact) mass is 261 g/mol. The highest BCUT2D eigenvalue weighted by Crippen LogP contribution is 2.37. The van der Waals surface area contributed by atoms with E-state index in [0.717, 1.165) is 12.0 Å². The smallest absolute Gasteiger partial charge is 0.307 e. The van der Waals surface area contributed by atoms with Crippen molar-refractivity contribution in [2.75, 3.05) is 0 Å². The fourth-order valence-corrected chi connectivity index (χ4v) is 2.59. The molecule has 1 aromatic heterocycles. The first-order valence-electron chi connectivity index (χ1n) is 6.28. The van der Waals surface area contributed by atoms with Gasteiger partial charge in [0.05, 0.1) is 12.1 Å². The Bertz CT molecular complexity index is 361. The van der Waals surface area contributed by atoms with E-state index in [0.29, 0.717) is 6.42 Å². The molecule has 0 saturated heterocycles. The van der Waals surface area contributed by atoms with E-state index in [9.17, 15) is 13.2 Å². The van der Waals surface area contributed by atoms with E-state index in [1.54, 1.807) is 12.4 Å². The molecule has 1 saturated carbocycles. The van der Waals surface area contributed by atoms with Gasteiger partial charge in [0.25, 0.3) is 0 Å². The van der Waals surface area contributed by atoms with Gasteiger partial charge in [-0.15, -0.1) is 0 Å². The van der Waals surface area contributed by atoms with E-state index in [-0.39, 0.29) is 24.9 Å². The molecule has 0 amide bonds. The summed E-state index contributed by atoms with van der Waals surface area (Å²) in [7, 11) is 0. The number of nitrogens with one attached hydrogen (secondary N) is 2. The molecule has 0 spiro atoms. The number of aromatic amines is 1. The average Bonchev–Trinajstić information content (AvgIpc) is 2.81. The molecule has 0 bridgehead atoms. The fourth-order valence-electron chi connectivity index (χ4n) is 2.59. The Morgan fingerprint density at radius 1 is 1.44 bits per heavy atom. The highest BCUT2D eigenvalue weighted by Gasteiger charge is 2.42. The molecule has 1 heterocycles. The molecular weight excluding hydrogens is 243 g/mol. The maximum atomic E-state index is 12.7. The first kappa shape index (κ1) is 13.4. The van der Waals surface area contributed by atoms with Gasteiger partial charge in [-0.1, -0.05) is 6.42 Å². The Morgan fingerprint density at radius 2 is 2.22 bits per heavy atom. The number of halogens is 3. The summed E-state index contributed by atoms with van der Waals surface area (Å²) in [5.74, 6) is -1.15. The van der Waals surface area contributed by atoms with Gasteiger partial charge in [0.1, 0.15) is 0 Å². The van der Waals surface area contributed by atoms with E-state index in [1.165, 1.54) is 0 Å². The largest absolute Gasteiger partial charge is 0.391 e. The predicted molar refractivity (Wildman–Crippen MR) is 61.9 cm³/mol. The second-order valence-electron chi connectivity index (χ2n) is 5.02. The molecule has 1 fully saturated rings. The molecular formula is C12H18F3N3. The van der Waals surface area contributed by atoms with Crippen molar-refractivity contribution in [2.24, 2.45) is 5.92 Å². The van der Waals surface area contributed by atoms with Gasteiger partial charge >= 0.3 is 6.18 Å². The second-order valence-corrected chi connectivity index (χ2v) is 5.02. The third-order valence-corrected chi connectivity index (χ3v) is 3.64. The lowest BCUT2D eigenvalue weighted by Crippen LogP contribution is -2.39. The van der Waals surface area contributed by atoms with Crippen molar-refractivity contribution in [1.29, 1.82) is 0 Å². The molecule has 18 heavy (non-hydrogen) atoms. The van der Waals surface area contributed by atoms with E-state index in [4.69, 9.17) is 0 Å². The van der Waals surface area contributed by atoms with Gasteiger partial charge in [0.2, 0.25) is 0 Å². The zero-order valence-electron chi connectivity index (χ0n) is 10.3. The summed E-state index contributed by atoms with van der Waals surface area (Å²) < 4.78 is 38.0. The van der Waals surface area contributed by atoms with Crippen LogP contribution in [0.2, 0.25) is 0 Å². The van der Waals surface area contributed by atoms with E-state index in [1.807, 2.05) is 6.92 Å². The van der Waals surface area contributed by atoms with E-state index >= 15 is 0 Å². The summed E-state index contributed by atoms with van der Waals surface area (Å²) in [5.41, 5.74) is 0.976. The lowest BCUT2D eigenvalue weighted by atomic mass is 9.85. The number of hydrogen-bond acceptors (Lipinski definition) is 2. The summed E-state index contributed by atoms with van der Waals surface area (Å²) >= 11 is 0. The van der Waals surface area contributed by atoms with Crippen molar-refractivity contribution in [3.05, 3.63) is 18.0 Å². The summed E-state index contributed by atoms with van der Waals surface area (Å²) in [6, 6.07) is -0.0315. The average molecular weight is 261 g/mol. The Morgan fingerprint density at radius 3 is 2.83 bits per heavy atom. The van der Waals surface area contributed by atoms with Crippen molar-refractivity contribution in [3.63, 3.8) is 0 Å². The topological polar surface area (TPSA) is 40.7 Å². The van der Waals surface area contributed by atoms with E-state index < -0.39 is 12.1 Å². The highest BCUT2D eigenvalue weighted by molar-refractivity contribution is 5.08. The minimum atomic E-state index is -4.06. The molecule has 0 aromatic carbocycles. The van der Waals surface area contributed by atoms with Crippen molar-refractivity contribution < 1.29 is 13.2 Å². The number of hydrogen-bond donors (Lipinski definition) is 2. The fraction of sp³-hybridized carbons (Fsp3) is 0.750. The van der Waals surface area contributed by atoms with Crippen molar-refractivity contribution in [1.82, 2.24) is 15.5 Å². The Labute approximate surface area is 104 Å². The summed E-state index contributed by atoms with van der Waals surface area (Å²) in [4.78, 5) is 0. The summed E-state index contributed by atoms with van der Waals surface area (Å²) in [6.45, 7) is 1.95. The van der Waals surface area contributed by atoms with Crippen LogP contribution in [0.4, 0.5) is 13.2 Å². The van der Waals surface area contributed by atoms with Crippen molar-refractivity contribution in [2.45, 2.75) is 50.9 Å². The number of aromatic nitrogens is 2. The van der Waals surface area contributed by atoms with E-state index in [2.05, 4.69) is 15.5 Å². The first-order chi connectivity index (χ1) is 8.47. The molecule has 0 aliphatic heterocycles. The van der Waals surface area contributed by atoms with Crippen LogP contribution in [0.15, 0.2) is 12.4 Å². The zero-order valence-corrected chi connectivity index (χ0v) is 10.3. The van der Waals surface area contributed by atoms with Crippen LogP contribution in [-0.2, 0) is 0 Å². The molecule has 3 atom stereocenters. The molecule has 102 valence electrons. The Hall–Kier alpha value is -1.04. The zero-order chi connectivity index (χ0) is 13.2. The number of rotatable bonds is 3. The SMILES string of the molecule is CC(NC1CCCC(C(F)(F)F)C1)c1cn[nH]c1. The lowest BCUT2D eigenvalue weighted by Gasteiger charge is -2.32. The minimum Gasteiger partial charge on any atom is -0.307 e. The van der Waals surface area contributed by atoms with Crippen molar-refractivity contribution >= 4 is 0 Å². The molecule has 1 aliphatic carbocycles. The predicted octanol–water partition coefficient (Wildman–Crippen LogP) is 3.18. The summed E-state index contributed by atoms with van der Waals surface area (Å²) in [5, 5.41) is 9.82. The van der Waals surface area contributed by atoms with Crippen LogP contribution in [-0.4, -0.2) is 22.4 Å². The molecule has 3 nitrogen and oxygen atoms in total. The van der Waals surface area contributed by atoms with Crippen LogP contribution in [0.5, 0.6) is 0 Å². The van der Waals surface area contributed by atoms with Gasteiger partial charge in [0, 0.05) is 23.8 Å². The van der Waals surface area contributed by atoms with Crippen molar-refractivity contribution in [3.8, 4) is 0 Å². The highest BCUT2D eigenvalue weighted by atomic mass is 19.4. The minimum absolute atomic E-state index is 0.0285. The molecule has 0 radical (unpaired) electrons. The van der Waals surface area contributed by atoms with Gasteiger partial charge in [-0.25, -0.2) is 0 Å². The molecule has 3 unspecified atom stereocenters. The summed E-state index contributed by atoms with van der Waals surface area (Å²) in [6.07, 6.45) is 1.31. The van der Waals surface area contributed by atoms with Crippen LogP contribution >= 0.6 is 0 Å². The molecule has 1 aliphatic rings. The first-order valence-corrected chi connectivity index (χ1v) is 6.28. The maximum absolute atomic E-state index is 12.7. The lowest BCUT2D eigenvalue weighted by molar-refractivity contribution is -0.183. The number of nitrogens with zero attached hydrogens (tertiary/aromatic N) is 1. The van der Waals surface area contributed by atoms with Gasteiger partial charge in [0.15, 0.2) is 0 Å². The maximum Gasteiger partial charge on any atom is 0.391 e. The van der Waals surface area contributed by atoms with Gasteiger partial charge in [-0.3, -0.25) is 5.10 Å². The van der Waals surface area contributed by atoms with Gasteiger partial charge < -0.3 is 5.32 Å². The molecule has 6 heteroatoms. The third kappa shape index (κ3) is 3.25. The van der Waals surface area contributed by atoms with Crippen LogP contribution in [0.1, 0.15) is 44.2 Å². The molecule has 1 aromatic rings. The molecule has 2 rings (SSSR count). The quantitative estimate of drug-likeness (QED) is 0.877. The van der Waals surface area contributed by atoms with Crippen LogP contribution in [0, 0.1) is 5.92 Å². The van der Waals surface area contributed by atoms with Gasteiger partial charge in [-0.05, 0) is 26.2 Å². The van der Waals surface area contributed by atoms with Crippen LogP contribution in [0.25, 0.3) is 0 Å². The van der Waals surface area contributed by atoms with Gasteiger partial charge in [-0.2, -0.15) is 18.3 Å². The standard InChI is InChI=1S/C12H18F3N3/c1-8(9-6-16-17-7-9)18-11-4-2-3-10(5-11)12(13,14)15/h6-8,10-11,18H,2-5H2,1H3,(H,16,17). The third-order valence-electron chi connectivity index (χ3n) is 3.64. The number of alkyl halides is 3. The number of H-pyrrole nitrogens is 1. The second kappa shape index (κ2) is 5.30. The Balaban J connectivity index is 1.90. The normalized spacial score (nSPS) is 27.1. The Kier molecular flexibility index (Phi) is 3.94.